The zero-order valence-corrected chi connectivity index (χ0v) is 14.6. The molecule has 0 radical (unpaired) electrons. The first kappa shape index (κ1) is 18.7. The number of pyridine rings is 1. The number of fused-ring (bicyclic) bond motifs is 3. The zero-order valence-electron chi connectivity index (χ0n) is 13.8. The first-order chi connectivity index (χ1) is 12.7. The number of halogens is 3. The van der Waals surface area contributed by atoms with Crippen molar-refractivity contribution >= 4 is 49.9 Å². The lowest BCUT2D eigenvalue weighted by Crippen LogP contribution is -2.30. The van der Waals surface area contributed by atoms with Crippen LogP contribution in [0.1, 0.15) is 9.67 Å². The van der Waals surface area contributed by atoms with Crippen molar-refractivity contribution in [2.24, 2.45) is 0 Å². The normalized spacial score (nSPS) is 11.6. The Hall–Kier alpha value is -3.08. The Morgan fingerprint density at radius 2 is 1.78 bits per heavy atom. The van der Waals surface area contributed by atoms with Gasteiger partial charge >= 0.3 is 18.1 Å². The van der Waals surface area contributed by atoms with Crippen molar-refractivity contribution in [1.29, 1.82) is 0 Å². The molecule has 27 heavy (non-hydrogen) atoms. The fraction of sp³-hybridized carbons (Fsp3) is 0.188. The SMILES string of the molecule is COc1cc2ncc3c(NC(=O)C(F)(F)F)c(C(=O)O)sc3c2cc1OC. The van der Waals surface area contributed by atoms with E-state index < -0.39 is 28.6 Å². The summed E-state index contributed by atoms with van der Waals surface area (Å²) in [7, 11) is 2.84. The molecule has 11 heteroatoms. The summed E-state index contributed by atoms with van der Waals surface area (Å²) in [5.41, 5.74) is -0.0268. The number of benzene rings is 1. The Labute approximate surface area is 153 Å². The predicted molar refractivity (Wildman–Crippen MR) is 91.9 cm³/mol. The molecule has 0 aliphatic rings. The molecular formula is C16H11F3N2O5S. The number of ether oxygens (including phenoxy) is 2. The van der Waals surface area contributed by atoms with Gasteiger partial charge in [0.15, 0.2) is 11.5 Å². The number of carbonyl (C=O) groups is 2. The molecule has 1 amide bonds. The molecule has 2 N–H and O–H groups in total. The largest absolute Gasteiger partial charge is 0.493 e. The number of carbonyl (C=O) groups excluding carboxylic acids is 1. The van der Waals surface area contributed by atoms with Crippen molar-refractivity contribution in [1.82, 2.24) is 4.98 Å². The number of alkyl halides is 3. The van der Waals surface area contributed by atoms with Gasteiger partial charge in [0.1, 0.15) is 4.88 Å². The van der Waals surface area contributed by atoms with Crippen LogP contribution < -0.4 is 14.8 Å². The van der Waals surface area contributed by atoms with E-state index in [0.29, 0.717) is 27.1 Å². The molecule has 0 aliphatic heterocycles. The van der Waals surface area contributed by atoms with Crippen LogP contribution in [0.5, 0.6) is 11.5 Å². The molecule has 3 rings (SSSR count). The fourth-order valence-electron chi connectivity index (χ4n) is 2.52. The Morgan fingerprint density at radius 1 is 1.15 bits per heavy atom. The van der Waals surface area contributed by atoms with Crippen molar-refractivity contribution in [2.75, 3.05) is 19.5 Å². The lowest BCUT2D eigenvalue weighted by Gasteiger charge is -2.10. The number of carboxylic acid groups (broad SMARTS) is 1. The summed E-state index contributed by atoms with van der Waals surface area (Å²) in [5, 5.41) is 11.5. The van der Waals surface area contributed by atoms with Gasteiger partial charge in [0.25, 0.3) is 0 Å². The highest BCUT2D eigenvalue weighted by Gasteiger charge is 2.40. The fourth-order valence-corrected chi connectivity index (χ4v) is 3.61. The third kappa shape index (κ3) is 3.21. The number of aromatic carboxylic acids is 1. The van der Waals surface area contributed by atoms with Gasteiger partial charge in [-0.05, 0) is 6.07 Å². The van der Waals surface area contributed by atoms with Gasteiger partial charge in [-0.2, -0.15) is 13.2 Å². The summed E-state index contributed by atoms with van der Waals surface area (Å²) in [5.74, 6) is -3.01. The second-order valence-electron chi connectivity index (χ2n) is 5.29. The third-order valence-corrected chi connectivity index (χ3v) is 4.94. The maximum Gasteiger partial charge on any atom is 0.471 e. The number of methoxy groups -OCH3 is 2. The van der Waals surface area contributed by atoms with E-state index >= 15 is 0 Å². The monoisotopic (exact) mass is 400 g/mol. The highest BCUT2D eigenvalue weighted by Crippen LogP contribution is 2.42. The molecule has 0 atom stereocenters. The topological polar surface area (TPSA) is 97.8 Å². The molecule has 2 aromatic heterocycles. The first-order valence-corrected chi connectivity index (χ1v) is 8.07. The first-order valence-electron chi connectivity index (χ1n) is 7.26. The van der Waals surface area contributed by atoms with Crippen molar-refractivity contribution in [3.63, 3.8) is 0 Å². The molecular weight excluding hydrogens is 389 g/mol. The van der Waals surface area contributed by atoms with Crippen molar-refractivity contribution in [3.8, 4) is 11.5 Å². The van der Waals surface area contributed by atoms with Crippen LogP contribution in [0.2, 0.25) is 0 Å². The van der Waals surface area contributed by atoms with Crippen LogP contribution in [0.4, 0.5) is 18.9 Å². The van der Waals surface area contributed by atoms with E-state index in [1.807, 2.05) is 0 Å². The summed E-state index contributed by atoms with van der Waals surface area (Å²) < 4.78 is 48.5. The van der Waals surface area contributed by atoms with E-state index in [-0.39, 0.29) is 5.39 Å². The lowest BCUT2D eigenvalue weighted by atomic mass is 10.1. The summed E-state index contributed by atoms with van der Waals surface area (Å²) in [6.07, 6.45) is -3.95. The number of carboxylic acids is 1. The van der Waals surface area contributed by atoms with E-state index in [2.05, 4.69) is 4.98 Å². The number of thiophene rings is 1. The number of aromatic nitrogens is 1. The molecule has 0 fully saturated rings. The molecule has 1 aromatic carbocycles. The van der Waals surface area contributed by atoms with Crippen LogP contribution in [-0.2, 0) is 4.79 Å². The molecule has 0 aliphatic carbocycles. The number of nitrogens with zero attached hydrogens (tertiary/aromatic N) is 1. The minimum absolute atomic E-state index is 0.0784. The maximum absolute atomic E-state index is 12.6. The van der Waals surface area contributed by atoms with Crippen LogP contribution in [0, 0.1) is 0 Å². The van der Waals surface area contributed by atoms with Gasteiger partial charge in [-0.3, -0.25) is 9.78 Å². The summed E-state index contributed by atoms with van der Waals surface area (Å²) in [6, 6.07) is 3.10. The average molecular weight is 400 g/mol. The molecule has 0 bridgehead atoms. The van der Waals surface area contributed by atoms with Crippen LogP contribution in [0.25, 0.3) is 21.0 Å². The van der Waals surface area contributed by atoms with Crippen molar-refractivity contribution in [2.45, 2.75) is 6.18 Å². The third-order valence-electron chi connectivity index (χ3n) is 3.71. The predicted octanol–water partition coefficient (Wildman–Crippen LogP) is 3.67. The van der Waals surface area contributed by atoms with Gasteiger partial charge in [0.05, 0.1) is 25.4 Å². The summed E-state index contributed by atoms with van der Waals surface area (Å²) >= 11 is 0.729. The van der Waals surface area contributed by atoms with E-state index in [0.717, 1.165) is 11.3 Å². The Bertz CT molecular complexity index is 1080. The molecule has 0 spiro atoms. The van der Waals surface area contributed by atoms with Gasteiger partial charge in [-0.15, -0.1) is 11.3 Å². The van der Waals surface area contributed by atoms with Gasteiger partial charge in [-0.25, -0.2) is 4.79 Å². The molecule has 3 aromatic rings. The summed E-state index contributed by atoms with van der Waals surface area (Å²) in [4.78, 5) is 26.5. The van der Waals surface area contributed by atoms with Crippen LogP contribution in [0.15, 0.2) is 18.3 Å². The molecule has 7 nitrogen and oxygen atoms in total. The molecule has 0 saturated carbocycles. The minimum Gasteiger partial charge on any atom is -0.493 e. The second kappa shape index (κ2) is 6.58. The number of anilines is 1. The van der Waals surface area contributed by atoms with Crippen molar-refractivity contribution in [3.05, 3.63) is 23.2 Å². The quantitative estimate of drug-likeness (QED) is 0.694. The number of rotatable bonds is 4. The number of hydrogen-bond donors (Lipinski definition) is 2. The molecule has 0 unspecified atom stereocenters. The maximum atomic E-state index is 12.6. The lowest BCUT2D eigenvalue weighted by molar-refractivity contribution is -0.167. The average Bonchev–Trinajstić information content (AvgIpc) is 2.98. The zero-order chi connectivity index (χ0) is 19.9. The van der Waals surface area contributed by atoms with Gasteiger partial charge < -0.3 is 19.9 Å². The van der Waals surface area contributed by atoms with Crippen molar-refractivity contribution < 1.29 is 37.3 Å². The van der Waals surface area contributed by atoms with Gasteiger partial charge in [0.2, 0.25) is 0 Å². The number of hydrogen-bond acceptors (Lipinski definition) is 6. The highest BCUT2D eigenvalue weighted by atomic mass is 32.1. The smallest absolute Gasteiger partial charge is 0.471 e. The van der Waals surface area contributed by atoms with E-state index in [1.54, 1.807) is 17.4 Å². The van der Waals surface area contributed by atoms with E-state index in [4.69, 9.17) is 9.47 Å². The standard InChI is InChI=1S/C16H11F3N2O5S/c1-25-9-3-6-8(4-10(9)26-2)20-5-7-11(21-15(24)16(17,18)19)13(14(22)23)27-12(6)7/h3-5H,1-2H3,(H,21,24)(H,22,23). The molecule has 2 heterocycles. The minimum atomic E-state index is -5.16. The van der Waals surface area contributed by atoms with E-state index in [1.165, 1.54) is 20.4 Å². The van der Waals surface area contributed by atoms with Gasteiger partial charge in [-0.1, -0.05) is 0 Å². The Kier molecular flexibility index (Phi) is 4.56. The van der Waals surface area contributed by atoms with Gasteiger partial charge in [0, 0.05) is 27.7 Å². The van der Waals surface area contributed by atoms with E-state index in [9.17, 15) is 27.9 Å². The number of nitrogens with one attached hydrogen (secondary N) is 1. The second-order valence-corrected chi connectivity index (χ2v) is 6.31. The Morgan fingerprint density at radius 3 is 2.33 bits per heavy atom. The molecule has 0 saturated heterocycles. The van der Waals surface area contributed by atoms with Crippen LogP contribution in [-0.4, -0.2) is 42.4 Å². The van der Waals surface area contributed by atoms with Crippen LogP contribution >= 0.6 is 11.3 Å². The molecule has 142 valence electrons. The Balaban J connectivity index is 2.30. The van der Waals surface area contributed by atoms with Crippen LogP contribution in [0.3, 0.4) is 0 Å². The number of amides is 1. The highest BCUT2D eigenvalue weighted by molar-refractivity contribution is 7.22. The summed E-state index contributed by atoms with van der Waals surface area (Å²) in [6.45, 7) is 0.